The molecule has 0 N–H and O–H groups in total. The first-order valence-electron chi connectivity index (χ1n) is 21.9. The molecule has 0 radical (unpaired) electrons. The lowest BCUT2D eigenvalue weighted by atomic mass is 9.85. The Hall–Kier alpha value is -5.66. The van der Waals surface area contributed by atoms with Crippen LogP contribution in [0.15, 0.2) is 162 Å². The molecular formula is C42H26O. The molecule has 0 saturated carbocycles. The van der Waals surface area contributed by atoms with Crippen LogP contribution in [0.4, 0.5) is 0 Å². The third kappa shape index (κ3) is 3.72. The molecule has 9 rings (SSSR count). The fraction of sp³-hybridized carbons (Fsp3) is 0. The van der Waals surface area contributed by atoms with Gasteiger partial charge < -0.3 is 4.42 Å². The van der Waals surface area contributed by atoms with Crippen molar-refractivity contribution in [2.24, 2.45) is 0 Å². The monoisotopic (exact) mass is 563 g/mol. The molecule has 0 spiro atoms. The molecule has 1 nitrogen and oxygen atoms in total. The smallest absolute Gasteiger partial charge is 0.143 e. The third-order valence-corrected chi connectivity index (χ3v) is 7.65. The summed E-state index contributed by atoms with van der Waals surface area (Å²) in [6.07, 6.45) is 0. The second-order valence-corrected chi connectivity index (χ2v) is 9.98. The van der Waals surface area contributed by atoms with Gasteiger partial charge in [0.25, 0.3) is 0 Å². The number of furan rings is 1. The number of hydrogen-bond acceptors (Lipinski definition) is 1. The van der Waals surface area contributed by atoms with Crippen molar-refractivity contribution in [1.82, 2.24) is 0 Å². The van der Waals surface area contributed by atoms with Gasteiger partial charge in [0.05, 0.1) is 23.3 Å². The van der Waals surface area contributed by atoms with Crippen molar-refractivity contribution in [3.63, 3.8) is 0 Å². The van der Waals surface area contributed by atoms with Crippen LogP contribution < -0.4 is 0 Å². The van der Waals surface area contributed by atoms with Crippen molar-refractivity contribution in [2.75, 3.05) is 0 Å². The largest absolute Gasteiger partial charge is 0.455 e. The molecule has 9 aromatic rings. The van der Waals surface area contributed by atoms with Crippen LogP contribution in [0.2, 0.25) is 0 Å². The summed E-state index contributed by atoms with van der Waals surface area (Å²) in [6.45, 7) is 0. The van der Waals surface area contributed by atoms with Crippen LogP contribution in [-0.4, -0.2) is 0 Å². The summed E-state index contributed by atoms with van der Waals surface area (Å²) in [7, 11) is 0. The molecule has 0 fully saturated rings. The van der Waals surface area contributed by atoms with E-state index in [0.29, 0.717) is 21.9 Å². The fourth-order valence-electron chi connectivity index (χ4n) is 5.79. The maximum Gasteiger partial charge on any atom is 0.143 e. The van der Waals surface area contributed by atoms with Gasteiger partial charge in [0.15, 0.2) is 0 Å². The van der Waals surface area contributed by atoms with Gasteiger partial charge in [-0.3, -0.25) is 0 Å². The number of benzene rings is 8. The summed E-state index contributed by atoms with van der Waals surface area (Å²) in [5, 5.41) is 1.84. The Morgan fingerprint density at radius 3 is 1.79 bits per heavy atom. The minimum absolute atomic E-state index is 0.0214. The van der Waals surface area contributed by atoms with Gasteiger partial charge >= 0.3 is 0 Å². The summed E-state index contributed by atoms with van der Waals surface area (Å²) in [5.74, 6) is 0. The lowest BCUT2D eigenvalue weighted by Gasteiger charge is -2.18. The van der Waals surface area contributed by atoms with Crippen LogP contribution in [0.3, 0.4) is 0 Å². The Bertz CT molecular complexity index is 3350. The Morgan fingerprint density at radius 1 is 0.419 bits per heavy atom. The highest BCUT2D eigenvalue weighted by Gasteiger charge is 2.18. The fourth-order valence-corrected chi connectivity index (χ4v) is 5.79. The molecule has 0 aliphatic carbocycles. The molecule has 1 aromatic heterocycles. The standard InChI is InChI=1S/C42H26O/c1-2-11-27(12-3-1)29-14-10-15-30(25-29)40-33-17-6-8-19-35(33)41(36-20-9-7-18-34(36)40)31-22-24-39-38(26-31)37-23-21-28-13-4-5-16-32(28)42(37)43-39/h1-26H/i1D,2D,3D,6D,7D,8D,9D,10D,11D,12D,14D,15D,17D,18D,19D,20D,25D. The van der Waals surface area contributed by atoms with Crippen LogP contribution in [0.5, 0.6) is 0 Å². The van der Waals surface area contributed by atoms with Crippen LogP contribution in [-0.2, 0) is 0 Å². The van der Waals surface area contributed by atoms with E-state index in [4.69, 9.17) is 19.5 Å². The summed E-state index contributed by atoms with van der Waals surface area (Å²) >= 11 is 0. The number of fused-ring (bicyclic) bond motifs is 7. The minimum Gasteiger partial charge on any atom is -0.455 e. The number of rotatable bonds is 3. The molecule has 0 aliphatic rings. The van der Waals surface area contributed by atoms with Crippen molar-refractivity contribution in [2.45, 2.75) is 0 Å². The third-order valence-electron chi connectivity index (χ3n) is 7.65. The van der Waals surface area contributed by atoms with Crippen molar-refractivity contribution in [1.29, 1.82) is 0 Å². The van der Waals surface area contributed by atoms with Gasteiger partial charge in [0.2, 0.25) is 0 Å². The SMILES string of the molecule is [2H]c1c([2H])c([2H])c(-c2c([2H])c([2H])c([2H])c(-c3c4c([2H])c([2H])c([2H])c([2H])c4c(-c4ccc5oc6c7ccccc7ccc6c5c4)c4c([2H])c([2H])c([2H])c([2H])c34)c2[2H])c([2H])c1[2H]. The van der Waals surface area contributed by atoms with E-state index >= 15 is 0 Å². The highest BCUT2D eigenvalue weighted by Crippen LogP contribution is 2.45. The van der Waals surface area contributed by atoms with Gasteiger partial charge in [-0.25, -0.2) is 0 Å². The Balaban J connectivity index is 1.53. The van der Waals surface area contributed by atoms with E-state index in [1.165, 1.54) is 0 Å². The number of hydrogen-bond donors (Lipinski definition) is 0. The maximum absolute atomic E-state index is 9.55. The van der Waals surface area contributed by atoms with E-state index in [1.54, 1.807) is 18.2 Å². The zero-order chi connectivity index (χ0) is 43.1. The molecule has 200 valence electrons. The molecule has 43 heavy (non-hydrogen) atoms. The van der Waals surface area contributed by atoms with Gasteiger partial charge in [-0.1, -0.05) is 133 Å². The van der Waals surface area contributed by atoms with Crippen LogP contribution in [0.1, 0.15) is 23.3 Å². The van der Waals surface area contributed by atoms with E-state index in [0.717, 1.165) is 10.8 Å². The van der Waals surface area contributed by atoms with E-state index in [1.807, 2.05) is 36.4 Å². The van der Waals surface area contributed by atoms with Crippen LogP contribution >= 0.6 is 0 Å². The summed E-state index contributed by atoms with van der Waals surface area (Å²) in [5.41, 5.74) is -1.05. The average molecular weight is 564 g/mol. The second kappa shape index (κ2) is 9.44. The molecule has 0 amide bonds. The normalized spacial score (nSPS) is 17.3. The van der Waals surface area contributed by atoms with Gasteiger partial charge in [-0.05, 0) is 84.6 Å². The van der Waals surface area contributed by atoms with E-state index in [-0.39, 0.29) is 32.7 Å². The van der Waals surface area contributed by atoms with Crippen molar-refractivity contribution in [3.8, 4) is 33.4 Å². The average Bonchev–Trinajstić information content (AvgIpc) is 3.63. The molecule has 0 unspecified atom stereocenters. The second-order valence-electron chi connectivity index (χ2n) is 9.98. The van der Waals surface area contributed by atoms with Gasteiger partial charge in [-0.15, -0.1) is 0 Å². The predicted molar refractivity (Wildman–Crippen MR) is 183 cm³/mol. The molecule has 1 heterocycles. The van der Waals surface area contributed by atoms with Crippen molar-refractivity contribution < 1.29 is 27.7 Å². The Labute approximate surface area is 273 Å². The molecule has 0 atom stereocenters. The molecule has 8 aromatic carbocycles. The summed E-state index contributed by atoms with van der Waals surface area (Å²) in [4.78, 5) is 0. The van der Waals surface area contributed by atoms with E-state index in [9.17, 15) is 8.22 Å². The molecule has 0 saturated heterocycles. The van der Waals surface area contributed by atoms with Crippen molar-refractivity contribution in [3.05, 3.63) is 157 Å². The Kier molecular flexibility index (Phi) is 2.79. The topological polar surface area (TPSA) is 13.1 Å². The first kappa shape index (κ1) is 12.7. The predicted octanol–water partition coefficient (Wildman–Crippen LogP) is 12.0. The molecule has 0 bridgehead atoms. The van der Waals surface area contributed by atoms with Gasteiger partial charge in [0.1, 0.15) is 11.2 Å². The van der Waals surface area contributed by atoms with Gasteiger partial charge in [0, 0.05) is 16.2 Å². The molecular weight excluding hydrogens is 520 g/mol. The maximum atomic E-state index is 9.55. The molecule has 1 heteroatoms. The van der Waals surface area contributed by atoms with Crippen LogP contribution in [0, 0.1) is 0 Å². The summed E-state index contributed by atoms with van der Waals surface area (Å²) < 4.78 is 157. The lowest BCUT2D eigenvalue weighted by Crippen LogP contribution is -1.91. The minimum atomic E-state index is -0.875. The van der Waals surface area contributed by atoms with E-state index < -0.39 is 125 Å². The van der Waals surface area contributed by atoms with Crippen LogP contribution in [0.25, 0.3) is 87.6 Å². The zero-order valence-corrected chi connectivity index (χ0v) is 22.1. The van der Waals surface area contributed by atoms with Crippen molar-refractivity contribution >= 4 is 54.3 Å². The van der Waals surface area contributed by atoms with E-state index in [2.05, 4.69) is 0 Å². The highest BCUT2D eigenvalue weighted by molar-refractivity contribution is 6.23. The first-order valence-corrected chi connectivity index (χ1v) is 13.4. The highest BCUT2D eigenvalue weighted by atomic mass is 16.3. The first-order chi connectivity index (χ1) is 28.4. The quantitative estimate of drug-likeness (QED) is 0.195. The lowest BCUT2D eigenvalue weighted by molar-refractivity contribution is 0.672. The zero-order valence-electron chi connectivity index (χ0n) is 39.1. The Morgan fingerprint density at radius 2 is 1.05 bits per heavy atom. The molecule has 0 aliphatic heterocycles. The summed E-state index contributed by atoms with van der Waals surface area (Å²) in [6, 6.07) is 3.45. The van der Waals surface area contributed by atoms with Gasteiger partial charge in [-0.2, -0.15) is 0 Å².